The number of nitrogens with one attached hydrogen (secondary N) is 1. The number of nitrogens with zero attached hydrogens (tertiary/aromatic N) is 1. The maximum absolute atomic E-state index is 11.5. The normalized spacial score (nSPS) is 10.6. The second kappa shape index (κ2) is 7.04. The van der Waals surface area contributed by atoms with Crippen LogP contribution in [0.1, 0.15) is 18.4 Å². The van der Waals surface area contributed by atoms with Crippen molar-refractivity contribution in [3.63, 3.8) is 0 Å². The van der Waals surface area contributed by atoms with Crippen LogP contribution in [-0.4, -0.2) is 31.4 Å². The van der Waals surface area contributed by atoms with Crippen LogP contribution in [0.4, 0.5) is 5.69 Å². The number of hydrogen-bond acceptors (Lipinski definition) is 3. The van der Waals surface area contributed by atoms with Crippen LogP contribution in [0.15, 0.2) is 24.3 Å². The summed E-state index contributed by atoms with van der Waals surface area (Å²) in [4.78, 5) is 13.6. The molecule has 0 bridgehead atoms. The number of benzene rings is 1. The Morgan fingerprint density at radius 1 is 1.29 bits per heavy atom. The molecule has 1 rings (SSSR count). The summed E-state index contributed by atoms with van der Waals surface area (Å²) in [6.07, 6.45) is 1.21. The standard InChI is InChI=1S/C13H21N3O/c1-16(2)10-11-5-7-12(8-6-11)15-13(17)4-3-9-14/h5-8H,3-4,9-10,14H2,1-2H3,(H,15,17). The number of anilines is 1. The number of amides is 1. The van der Waals surface area contributed by atoms with Crippen molar-refractivity contribution in [1.29, 1.82) is 0 Å². The zero-order valence-corrected chi connectivity index (χ0v) is 10.6. The largest absolute Gasteiger partial charge is 0.330 e. The van der Waals surface area contributed by atoms with Gasteiger partial charge in [-0.05, 0) is 44.8 Å². The lowest BCUT2D eigenvalue weighted by atomic mass is 10.2. The van der Waals surface area contributed by atoms with Crippen LogP contribution in [0.5, 0.6) is 0 Å². The Kier molecular flexibility index (Phi) is 5.66. The molecule has 0 fully saturated rings. The average Bonchev–Trinajstić information content (AvgIpc) is 2.28. The molecule has 4 heteroatoms. The van der Waals surface area contributed by atoms with E-state index in [0.29, 0.717) is 13.0 Å². The third-order valence-electron chi connectivity index (χ3n) is 2.34. The fourth-order valence-corrected chi connectivity index (χ4v) is 1.54. The Hall–Kier alpha value is -1.39. The highest BCUT2D eigenvalue weighted by Gasteiger charge is 2.01. The lowest BCUT2D eigenvalue weighted by Gasteiger charge is -2.10. The fourth-order valence-electron chi connectivity index (χ4n) is 1.54. The van der Waals surface area contributed by atoms with E-state index in [4.69, 9.17) is 5.73 Å². The van der Waals surface area contributed by atoms with E-state index < -0.39 is 0 Å². The summed E-state index contributed by atoms with van der Waals surface area (Å²) in [5, 5.41) is 2.85. The topological polar surface area (TPSA) is 58.4 Å². The highest BCUT2D eigenvalue weighted by atomic mass is 16.1. The Labute approximate surface area is 103 Å². The first-order chi connectivity index (χ1) is 8.11. The van der Waals surface area contributed by atoms with Gasteiger partial charge in [-0.1, -0.05) is 12.1 Å². The Morgan fingerprint density at radius 3 is 2.47 bits per heavy atom. The summed E-state index contributed by atoms with van der Waals surface area (Å²) in [5.74, 6) is 0.0239. The summed E-state index contributed by atoms with van der Waals surface area (Å²) in [5.41, 5.74) is 7.43. The summed E-state index contributed by atoms with van der Waals surface area (Å²) >= 11 is 0. The number of hydrogen-bond donors (Lipinski definition) is 2. The summed E-state index contributed by atoms with van der Waals surface area (Å²) in [6, 6.07) is 7.91. The van der Waals surface area contributed by atoms with Gasteiger partial charge in [0.25, 0.3) is 0 Å². The van der Waals surface area contributed by atoms with E-state index in [0.717, 1.165) is 18.7 Å². The molecule has 0 atom stereocenters. The van der Waals surface area contributed by atoms with Crippen LogP contribution in [-0.2, 0) is 11.3 Å². The van der Waals surface area contributed by atoms with E-state index in [1.165, 1.54) is 5.56 Å². The molecule has 0 aliphatic rings. The van der Waals surface area contributed by atoms with Crippen molar-refractivity contribution < 1.29 is 4.79 Å². The number of carbonyl (C=O) groups excluding carboxylic acids is 1. The molecule has 0 heterocycles. The summed E-state index contributed by atoms with van der Waals surface area (Å²) < 4.78 is 0. The molecule has 0 spiro atoms. The smallest absolute Gasteiger partial charge is 0.224 e. The van der Waals surface area contributed by atoms with Crippen molar-refractivity contribution in [2.45, 2.75) is 19.4 Å². The molecule has 0 radical (unpaired) electrons. The van der Waals surface area contributed by atoms with Gasteiger partial charge in [0, 0.05) is 18.7 Å². The summed E-state index contributed by atoms with van der Waals surface area (Å²) in [7, 11) is 4.06. The first kappa shape index (κ1) is 13.7. The van der Waals surface area contributed by atoms with Crippen LogP contribution in [0, 0.1) is 0 Å². The first-order valence-corrected chi connectivity index (χ1v) is 5.85. The number of carbonyl (C=O) groups is 1. The van der Waals surface area contributed by atoms with Crippen molar-refractivity contribution in [2.75, 3.05) is 26.0 Å². The number of nitrogens with two attached hydrogens (primary N) is 1. The van der Waals surface area contributed by atoms with Gasteiger partial charge in [-0.15, -0.1) is 0 Å². The Balaban J connectivity index is 2.47. The monoisotopic (exact) mass is 235 g/mol. The van der Waals surface area contributed by atoms with Crippen molar-refractivity contribution >= 4 is 11.6 Å². The van der Waals surface area contributed by atoms with Gasteiger partial charge in [-0.2, -0.15) is 0 Å². The number of rotatable bonds is 6. The van der Waals surface area contributed by atoms with Gasteiger partial charge >= 0.3 is 0 Å². The van der Waals surface area contributed by atoms with E-state index in [2.05, 4.69) is 10.2 Å². The van der Waals surface area contributed by atoms with Gasteiger partial charge in [-0.25, -0.2) is 0 Å². The molecule has 4 nitrogen and oxygen atoms in total. The summed E-state index contributed by atoms with van der Waals surface area (Å²) in [6.45, 7) is 1.45. The highest BCUT2D eigenvalue weighted by Crippen LogP contribution is 2.11. The van der Waals surface area contributed by atoms with Crippen LogP contribution in [0.25, 0.3) is 0 Å². The average molecular weight is 235 g/mol. The Morgan fingerprint density at radius 2 is 1.94 bits per heavy atom. The van der Waals surface area contributed by atoms with E-state index in [9.17, 15) is 4.79 Å². The third-order valence-corrected chi connectivity index (χ3v) is 2.34. The molecule has 0 saturated carbocycles. The molecule has 94 valence electrons. The molecular weight excluding hydrogens is 214 g/mol. The fraction of sp³-hybridized carbons (Fsp3) is 0.462. The quantitative estimate of drug-likeness (QED) is 0.784. The molecule has 1 amide bonds. The molecule has 3 N–H and O–H groups in total. The minimum absolute atomic E-state index is 0.0239. The van der Waals surface area contributed by atoms with E-state index in [1.807, 2.05) is 38.4 Å². The lowest BCUT2D eigenvalue weighted by molar-refractivity contribution is -0.116. The van der Waals surface area contributed by atoms with Crippen molar-refractivity contribution in [3.8, 4) is 0 Å². The van der Waals surface area contributed by atoms with Gasteiger partial charge in [-0.3, -0.25) is 4.79 Å². The van der Waals surface area contributed by atoms with Crippen molar-refractivity contribution in [3.05, 3.63) is 29.8 Å². The van der Waals surface area contributed by atoms with Gasteiger partial charge < -0.3 is 16.0 Å². The lowest BCUT2D eigenvalue weighted by Crippen LogP contribution is -2.13. The van der Waals surface area contributed by atoms with Crippen LogP contribution in [0.2, 0.25) is 0 Å². The van der Waals surface area contributed by atoms with E-state index >= 15 is 0 Å². The van der Waals surface area contributed by atoms with Crippen molar-refractivity contribution in [2.24, 2.45) is 5.73 Å². The molecule has 0 unspecified atom stereocenters. The third kappa shape index (κ3) is 5.47. The molecule has 0 saturated heterocycles. The zero-order valence-electron chi connectivity index (χ0n) is 10.6. The van der Waals surface area contributed by atoms with Gasteiger partial charge in [0.2, 0.25) is 5.91 Å². The minimum atomic E-state index is 0.0239. The molecule has 1 aromatic carbocycles. The van der Waals surface area contributed by atoms with E-state index in [-0.39, 0.29) is 5.91 Å². The zero-order chi connectivity index (χ0) is 12.7. The maximum Gasteiger partial charge on any atom is 0.224 e. The molecular formula is C13H21N3O. The predicted molar refractivity (Wildman–Crippen MR) is 70.8 cm³/mol. The highest BCUT2D eigenvalue weighted by molar-refractivity contribution is 5.90. The van der Waals surface area contributed by atoms with Crippen LogP contribution in [0.3, 0.4) is 0 Å². The molecule has 17 heavy (non-hydrogen) atoms. The van der Waals surface area contributed by atoms with E-state index in [1.54, 1.807) is 0 Å². The van der Waals surface area contributed by atoms with Crippen LogP contribution >= 0.6 is 0 Å². The first-order valence-electron chi connectivity index (χ1n) is 5.85. The maximum atomic E-state index is 11.5. The second-order valence-electron chi connectivity index (χ2n) is 4.38. The van der Waals surface area contributed by atoms with Gasteiger partial charge in [0.15, 0.2) is 0 Å². The predicted octanol–water partition coefficient (Wildman–Crippen LogP) is 1.43. The molecule has 0 aliphatic heterocycles. The molecule has 1 aromatic rings. The van der Waals surface area contributed by atoms with Gasteiger partial charge in [0.1, 0.15) is 0 Å². The SMILES string of the molecule is CN(C)Cc1ccc(NC(=O)CCCN)cc1. The minimum Gasteiger partial charge on any atom is -0.330 e. The van der Waals surface area contributed by atoms with Crippen LogP contribution < -0.4 is 11.1 Å². The molecule has 0 aliphatic carbocycles. The van der Waals surface area contributed by atoms with Crippen molar-refractivity contribution in [1.82, 2.24) is 4.90 Å². The molecule has 0 aromatic heterocycles. The van der Waals surface area contributed by atoms with Gasteiger partial charge in [0.05, 0.1) is 0 Å². The second-order valence-corrected chi connectivity index (χ2v) is 4.38. The Bertz CT molecular complexity index is 346.